The van der Waals surface area contributed by atoms with Gasteiger partial charge in [0.2, 0.25) is 0 Å². The molecule has 0 spiro atoms. The van der Waals surface area contributed by atoms with Crippen molar-refractivity contribution in [2.75, 3.05) is 6.54 Å². The highest BCUT2D eigenvalue weighted by molar-refractivity contribution is 5.94. The number of ether oxygens (including phenoxy) is 1. The van der Waals surface area contributed by atoms with Gasteiger partial charge in [-0.25, -0.2) is 0 Å². The maximum absolute atomic E-state index is 12.1. The second kappa shape index (κ2) is 7.84. The SMILES string of the molecule is O=C(NC[C@@H](O)Cn1ccccc1=O)c1ccc(OC(F)(F)F)cc1. The van der Waals surface area contributed by atoms with Crippen molar-refractivity contribution in [3.8, 4) is 5.75 Å². The second-order valence-corrected chi connectivity index (χ2v) is 5.13. The van der Waals surface area contributed by atoms with Crippen LogP contribution in [0.2, 0.25) is 0 Å². The highest BCUT2D eigenvalue weighted by Crippen LogP contribution is 2.22. The van der Waals surface area contributed by atoms with E-state index in [1.165, 1.54) is 29.0 Å². The molecule has 0 fully saturated rings. The zero-order valence-electron chi connectivity index (χ0n) is 12.9. The molecule has 1 heterocycles. The van der Waals surface area contributed by atoms with Crippen molar-refractivity contribution in [2.24, 2.45) is 0 Å². The summed E-state index contributed by atoms with van der Waals surface area (Å²) >= 11 is 0. The maximum Gasteiger partial charge on any atom is 0.573 e. The minimum atomic E-state index is -4.80. The summed E-state index contributed by atoms with van der Waals surface area (Å²) < 4.78 is 41.2. The Bertz CT molecular complexity index is 772. The first kappa shape index (κ1) is 18.5. The number of alkyl halides is 3. The fourth-order valence-electron chi connectivity index (χ4n) is 2.02. The number of carbonyl (C=O) groups is 1. The lowest BCUT2D eigenvalue weighted by atomic mass is 10.2. The van der Waals surface area contributed by atoms with Crippen LogP contribution in [0.3, 0.4) is 0 Å². The smallest absolute Gasteiger partial charge is 0.406 e. The number of carbonyl (C=O) groups excluding carboxylic acids is 1. The number of benzene rings is 1. The van der Waals surface area contributed by atoms with Crippen LogP contribution in [-0.2, 0) is 6.54 Å². The van der Waals surface area contributed by atoms with E-state index in [1.54, 1.807) is 12.1 Å². The second-order valence-electron chi connectivity index (χ2n) is 5.13. The monoisotopic (exact) mass is 356 g/mol. The molecule has 0 bridgehead atoms. The molecule has 6 nitrogen and oxygen atoms in total. The molecule has 134 valence electrons. The van der Waals surface area contributed by atoms with Crippen LogP contribution in [0.5, 0.6) is 5.75 Å². The lowest BCUT2D eigenvalue weighted by Crippen LogP contribution is -2.36. The van der Waals surface area contributed by atoms with Gasteiger partial charge in [-0.05, 0) is 30.3 Å². The number of halogens is 3. The molecule has 0 aliphatic rings. The van der Waals surface area contributed by atoms with E-state index in [-0.39, 0.29) is 24.2 Å². The first-order valence-electron chi connectivity index (χ1n) is 7.22. The minimum Gasteiger partial charge on any atom is -0.406 e. The van der Waals surface area contributed by atoms with Crippen molar-refractivity contribution >= 4 is 5.91 Å². The van der Waals surface area contributed by atoms with Gasteiger partial charge in [-0.3, -0.25) is 9.59 Å². The number of aliphatic hydroxyl groups excluding tert-OH is 1. The van der Waals surface area contributed by atoms with E-state index in [9.17, 15) is 27.9 Å². The first-order chi connectivity index (χ1) is 11.7. The molecule has 0 saturated carbocycles. The van der Waals surface area contributed by atoms with Crippen LogP contribution < -0.4 is 15.6 Å². The van der Waals surface area contributed by atoms with E-state index in [1.807, 2.05) is 0 Å². The van der Waals surface area contributed by atoms with Crippen LogP contribution in [0.15, 0.2) is 53.5 Å². The predicted octanol–water partition coefficient (Wildman–Crippen LogP) is 1.54. The van der Waals surface area contributed by atoms with E-state index in [0.717, 1.165) is 12.1 Å². The van der Waals surface area contributed by atoms with E-state index < -0.39 is 24.1 Å². The predicted molar refractivity (Wildman–Crippen MR) is 82.2 cm³/mol. The Morgan fingerprint density at radius 3 is 2.48 bits per heavy atom. The van der Waals surface area contributed by atoms with Gasteiger partial charge in [-0.1, -0.05) is 6.07 Å². The number of aliphatic hydroxyl groups is 1. The van der Waals surface area contributed by atoms with E-state index in [2.05, 4.69) is 10.1 Å². The number of aromatic nitrogens is 1. The zero-order chi connectivity index (χ0) is 18.4. The Balaban J connectivity index is 1.87. The molecule has 2 N–H and O–H groups in total. The van der Waals surface area contributed by atoms with E-state index in [4.69, 9.17) is 0 Å². The third-order valence-electron chi connectivity index (χ3n) is 3.15. The normalized spacial score (nSPS) is 12.5. The van der Waals surface area contributed by atoms with Gasteiger partial charge in [-0.2, -0.15) is 0 Å². The average molecular weight is 356 g/mol. The summed E-state index contributed by atoms with van der Waals surface area (Å²) in [6, 6.07) is 8.92. The summed E-state index contributed by atoms with van der Waals surface area (Å²) in [6.45, 7) is -0.126. The number of nitrogens with zero attached hydrogens (tertiary/aromatic N) is 1. The minimum absolute atomic E-state index is 0.00167. The fraction of sp³-hybridized carbons (Fsp3) is 0.250. The quantitative estimate of drug-likeness (QED) is 0.823. The van der Waals surface area contributed by atoms with Gasteiger partial charge in [0.1, 0.15) is 5.75 Å². The number of rotatable bonds is 6. The van der Waals surface area contributed by atoms with Crippen LogP contribution >= 0.6 is 0 Å². The lowest BCUT2D eigenvalue weighted by molar-refractivity contribution is -0.274. The van der Waals surface area contributed by atoms with E-state index >= 15 is 0 Å². The molecule has 2 rings (SSSR count). The molecule has 1 aromatic carbocycles. The van der Waals surface area contributed by atoms with Gasteiger partial charge in [0, 0.05) is 24.4 Å². The van der Waals surface area contributed by atoms with Crippen molar-refractivity contribution in [3.05, 3.63) is 64.6 Å². The van der Waals surface area contributed by atoms with Gasteiger partial charge in [0.25, 0.3) is 11.5 Å². The summed E-state index contributed by atoms with van der Waals surface area (Å²) in [4.78, 5) is 23.4. The fourth-order valence-corrected chi connectivity index (χ4v) is 2.02. The number of hydrogen-bond acceptors (Lipinski definition) is 4. The van der Waals surface area contributed by atoms with Crippen molar-refractivity contribution in [3.63, 3.8) is 0 Å². The van der Waals surface area contributed by atoms with Gasteiger partial charge >= 0.3 is 6.36 Å². The molecule has 0 saturated heterocycles. The molecule has 9 heteroatoms. The molecule has 0 aliphatic heterocycles. The number of amides is 1. The Kier molecular flexibility index (Phi) is 5.81. The zero-order valence-corrected chi connectivity index (χ0v) is 12.9. The highest BCUT2D eigenvalue weighted by Gasteiger charge is 2.31. The van der Waals surface area contributed by atoms with Gasteiger partial charge in [0.05, 0.1) is 12.6 Å². The van der Waals surface area contributed by atoms with Crippen molar-refractivity contribution < 1.29 is 27.8 Å². The number of nitrogens with one attached hydrogen (secondary N) is 1. The third kappa shape index (κ3) is 5.96. The molecule has 1 atom stereocenters. The number of hydrogen-bond donors (Lipinski definition) is 2. The van der Waals surface area contributed by atoms with Crippen LogP contribution in [0.25, 0.3) is 0 Å². The molecule has 0 radical (unpaired) electrons. The number of pyridine rings is 1. The summed E-state index contributed by atoms with van der Waals surface area (Å²) in [7, 11) is 0. The van der Waals surface area contributed by atoms with Crippen LogP contribution in [0.4, 0.5) is 13.2 Å². The van der Waals surface area contributed by atoms with Gasteiger partial charge in [0.15, 0.2) is 0 Å². The molecule has 25 heavy (non-hydrogen) atoms. The largest absolute Gasteiger partial charge is 0.573 e. The summed E-state index contributed by atoms with van der Waals surface area (Å²) in [5.41, 5.74) is -0.174. The van der Waals surface area contributed by atoms with Crippen LogP contribution in [0.1, 0.15) is 10.4 Å². The lowest BCUT2D eigenvalue weighted by Gasteiger charge is -2.14. The maximum atomic E-state index is 12.1. The average Bonchev–Trinajstić information content (AvgIpc) is 2.54. The summed E-state index contributed by atoms with van der Waals surface area (Å²) in [5, 5.41) is 12.3. The third-order valence-corrected chi connectivity index (χ3v) is 3.15. The molecule has 1 aromatic heterocycles. The molecule has 2 aromatic rings. The molecule has 1 amide bonds. The van der Waals surface area contributed by atoms with Crippen LogP contribution in [0, 0.1) is 0 Å². The molecule has 0 aliphatic carbocycles. The molecule has 0 unspecified atom stereocenters. The molecular weight excluding hydrogens is 341 g/mol. The van der Waals surface area contributed by atoms with Gasteiger partial charge < -0.3 is 19.7 Å². The van der Waals surface area contributed by atoms with Crippen molar-refractivity contribution in [1.82, 2.24) is 9.88 Å². The highest BCUT2D eigenvalue weighted by atomic mass is 19.4. The topological polar surface area (TPSA) is 80.6 Å². The Labute approximate surface area is 140 Å². The van der Waals surface area contributed by atoms with Crippen LogP contribution in [-0.4, -0.2) is 34.6 Å². The summed E-state index contributed by atoms with van der Waals surface area (Å²) in [6.07, 6.45) is -4.30. The standard InChI is InChI=1S/C16H15F3N2O4/c17-16(18,19)25-13-6-4-11(5-7-13)15(24)20-9-12(22)10-21-8-2-1-3-14(21)23/h1-8,12,22H,9-10H2,(H,20,24)/t12-/m1/s1. The van der Waals surface area contributed by atoms with Crippen molar-refractivity contribution in [1.29, 1.82) is 0 Å². The Morgan fingerprint density at radius 2 is 1.88 bits per heavy atom. The summed E-state index contributed by atoms with van der Waals surface area (Å²) in [5.74, 6) is -1.01. The van der Waals surface area contributed by atoms with Crippen molar-refractivity contribution in [2.45, 2.75) is 19.0 Å². The van der Waals surface area contributed by atoms with Gasteiger partial charge in [-0.15, -0.1) is 13.2 Å². The first-order valence-corrected chi connectivity index (χ1v) is 7.22. The molecular formula is C16H15F3N2O4. The van der Waals surface area contributed by atoms with E-state index in [0.29, 0.717) is 0 Å². The Hall–Kier alpha value is -2.81. The Morgan fingerprint density at radius 1 is 1.20 bits per heavy atom.